The lowest BCUT2D eigenvalue weighted by Gasteiger charge is -2.26. The minimum atomic E-state index is 0. The van der Waals surface area contributed by atoms with Crippen LogP contribution in [0.1, 0.15) is 29.7 Å². The SMILES string of the molecule is CCNC(=NCc1ccccc1C)NCC(c1ccc(OC)c(OC)c1)N(C)C.I. The quantitative estimate of drug-likeness (QED) is 0.294. The van der Waals surface area contributed by atoms with Crippen molar-refractivity contribution in [3.05, 3.63) is 59.2 Å². The van der Waals surface area contributed by atoms with Gasteiger partial charge in [0.15, 0.2) is 17.5 Å². The topological polar surface area (TPSA) is 58.1 Å². The number of aliphatic imine (C=N–C) groups is 1. The van der Waals surface area contributed by atoms with Crippen molar-refractivity contribution in [3.8, 4) is 11.5 Å². The Bertz CT molecular complexity index is 812. The molecule has 2 rings (SSSR count). The molecule has 2 N–H and O–H groups in total. The molecule has 7 heteroatoms. The first-order valence-electron chi connectivity index (χ1n) is 9.95. The zero-order chi connectivity index (χ0) is 21.2. The van der Waals surface area contributed by atoms with Gasteiger partial charge in [-0.2, -0.15) is 0 Å². The molecule has 30 heavy (non-hydrogen) atoms. The van der Waals surface area contributed by atoms with Crippen LogP contribution < -0.4 is 20.1 Å². The molecule has 0 spiro atoms. The molecule has 0 aliphatic carbocycles. The summed E-state index contributed by atoms with van der Waals surface area (Å²) in [6.45, 7) is 6.35. The fraction of sp³-hybridized carbons (Fsp3) is 0.435. The van der Waals surface area contributed by atoms with E-state index in [2.05, 4.69) is 73.8 Å². The van der Waals surface area contributed by atoms with Gasteiger partial charge >= 0.3 is 0 Å². The van der Waals surface area contributed by atoms with E-state index in [1.54, 1.807) is 14.2 Å². The Morgan fingerprint density at radius 1 is 1.03 bits per heavy atom. The van der Waals surface area contributed by atoms with E-state index in [4.69, 9.17) is 14.5 Å². The van der Waals surface area contributed by atoms with E-state index in [1.165, 1.54) is 11.1 Å². The highest BCUT2D eigenvalue weighted by Crippen LogP contribution is 2.31. The molecule has 0 aliphatic heterocycles. The molecule has 0 saturated heterocycles. The number of aryl methyl sites for hydroxylation is 1. The Labute approximate surface area is 198 Å². The maximum absolute atomic E-state index is 5.47. The predicted molar refractivity (Wildman–Crippen MR) is 135 cm³/mol. The van der Waals surface area contributed by atoms with Crippen LogP contribution in [0.25, 0.3) is 0 Å². The third-order valence-corrected chi connectivity index (χ3v) is 4.89. The number of likely N-dealkylation sites (N-methyl/N-ethyl adjacent to an activating group) is 1. The van der Waals surface area contributed by atoms with Crippen molar-refractivity contribution in [1.82, 2.24) is 15.5 Å². The van der Waals surface area contributed by atoms with Gasteiger partial charge in [0.1, 0.15) is 0 Å². The summed E-state index contributed by atoms with van der Waals surface area (Å²) in [6, 6.07) is 14.5. The highest BCUT2D eigenvalue weighted by Gasteiger charge is 2.17. The van der Waals surface area contributed by atoms with Crippen LogP contribution in [0.2, 0.25) is 0 Å². The zero-order valence-electron chi connectivity index (χ0n) is 18.9. The summed E-state index contributed by atoms with van der Waals surface area (Å²) in [6.07, 6.45) is 0. The van der Waals surface area contributed by atoms with Crippen molar-refractivity contribution in [1.29, 1.82) is 0 Å². The molecule has 6 nitrogen and oxygen atoms in total. The summed E-state index contributed by atoms with van der Waals surface area (Å²) in [5.41, 5.74) is 3.63. The van der Waals surface area contributed by atoms with Gasteiger partial charge in [-0.3, -0.25) is 0 Å². The molecule has 0 heterocycles. The van der Waals surface area contributed by atoms with Gasteiger partial charge < -0.3 is 25.0 Å². The largest absolute Gasteiger partial charge is 0.493 e. The van der Waals surface area contributed by atoms with E-state index < -0.39 is 0 Å². The third kappa shape index (κ3) is 7.36. The number of nitrogens with zero attached hydrogens (tertiary/aromatic N) is 2. The maximum atomic E-state index is 5.47. The second kappa shape index (κ2) is 13.3. The molecule has 166 valence electrons. The van der Waals surface area contributed by atoms with Gasteiger partial charge in [0.25, 0.3) is 0 Å². The first-order chi connectivity index (χ1) is 14.0. The van der Waals surface area contributed by atoms with E-state index in [0.29, 0.717) is 13.1 Å². The molecular weight excluding hydrogens is 491 g/mol. The van der Waals surface area contributed by atoms with Crippen LogP contribution in [-0.4, -0.2) is 52.3 Å². The minimum Gasteiger partial charge on any atom is -0.493 e. The number of nitrogens with one attached hydrogen (secondary N) is 2. The molecule has 0 fully saturated rings. The van der Waals surface area contributed by atoms with Gasteiger partial charge in [-0.25, -0.2) is 4.99 Å². The van der Waals surface area contributed by atoms with Gasteiger partial charge in [0, 0.05) is 13.1 Å². The smallest absolute Gasteiger partial charge is 0.191 e. The lowest BCUT2D eigenvalue weighted by molar-refractivity contribution is 0.295. The van der Waals surface area contributed by atoms with Crippen LogP contribution in [0.5, 0.6) is 11.5 Å². The molecule has 0 radical (unpaired) electrons. The van der Waals surface area contributed by atoms with Crippen LogP contribution in [-0.2, 0) is 6.54 Å². The third-order valence-electron chi connectivity index (χ3n) is 4.89. The van der Waals surface area contributed by atoms with Gasteiger partial charge in [-0.1, -0.05) is 30.3 Å². The Kier molecular flexibility index (Phi) is 11.6. The molecule has 0 amide bonds. The average Bonchev–Trinajstić information content (AvgIpc) is 2.72. The van der Waals surface area contributed by atoms with Crippen molar-refractivity contribution < 1.29 is 9.47 Å². The Hall–Kier alpha value is -2.00. The molecule has 1 unspecified atom stereocenters. The van der Waals surface area contributed by atoms with E-state index in [-0.39, 0.29) is 30.0 Å². The molecule has 0 aromatic heterocycles. The molecule has 2 aromatic rings. The van der Waals surface area contributed by atoms with E-state index in [0.717, 1.165) is 29.6 Å². The van der Waals surface area contributed by atoms with Crippen LogP contribution >= 0.6 is 24.0 Å². The van der Waals surface area contributed by atoms with Crippen LogP contribution in [0.4, 0.5) is 0 Å². The van der Waals surface area contributed by atoms with Crippen molar-refractivity contribution in [3.63, 3.8) is 0 Å². The Morgan fingerprint density at radius 2 is 1.73 bits per heavy atom. The number of benzene rings is 2. The molecule has 1 atom stereocenters. The fourth-order valence-corrected chi connectivity index (χ4v) is 3.15. The Balaban J connectivity index is 0.00000450. The fourth-order valence-electron chi connectivity index (χ4n) is 3.15. The van der Waals surface area contributed by atoms with Gasteiger partial charge in [-0.05, 0) is 56.8 Å². The van der Waals surface area contributed by atoms with Gasteiger partial charge in [0.2, 0.25) is 0 Å². The van der Waals surface area contributed by atoms with E-state index >= 15 is 0 Å². The molecule has 0 bridgehead atoms. The number of methoxy groups -OCH3 is 2. The minimum absolute atomic E-state index is 0. The molecule has 0 aliphatic rings. The first-order valence-corrected chi connectivity index (χ1v) is 9.95. The predicted octanol–water partition coefficient (Wildman–Crippen LogP) is 3.99. The van der Waals surface area contributed by atoms with Crippen molar-refractivity contribution in [2.45, 2.75) is 26.4 Å². The van der Waals surface area contributed by atoms with Gasteiger partial charge in [0.05, 0.1) is 26.8 Å². The number of hydrogen-bond donors (Lipinski definition) is 2. The van der Waals surface area contributed by atoms with Gasteiger partial charge in [-0.15, -0.1) is 24.0 Å². The number of hydrogen-bond acceptors (Lipinski definition) is 4. The molecular formula is C23H35IN4O2. The Morgan fingerprint density at radius 3 is 2.33 bits per heavy atom. The van der Waals surface area contributed by atoms with Crippen molar-refractivity contribution >= 4 is 29.9 Å². The monoisotopic (exact) mass is 526 g/mol. The summed E-state index contributed by atoms with van der Waals surface area (Å²) in [4.78, 5) is 6.94. The number of guanidine groups is 1. The lowest BCUT2D eigenvalue weighted by Crippen LogP contribution is -2.41. The standard InChI is InChI=1S/C23H34N4O2.HI/c1-7-24-23(25-15-19-11-9-8-10-17(19)2)26-16-20(27(3)4)18-12-13-21(28-5)22(14-18)29-6;/h8-14,20H,7,15-16H2,1-6H3,(H2,24,25,26);1H. The molecule has 2 aromatic carbocycles. The summed E-state index contributed by atoms with van der Waals surface area (Å²) >= 11 is 0. The number of ether oxygens (including phenoxy) is 2. The van der Waals surface area contributed by atoms with E-state index in [9.17, 15) is 0 Å². The average molecular weight is 526 g/mol. The van der Waals surface area contributed by atoms with Crippen LogP contribution in [0, 0.1) is 6.92 Å². The summed E-state index contributed by atoms with van der Waals surface area (Å²) < 4.78 is 10.8. The second-order valence-electron chi connectivity index (χ2n) is 7.10. The highest BCUT2D eigenvalue weighted by molar-refractivity contribution is 14.0. The normalized spacial score (nSPS) is 12.2. The summed E-state index contributed by atoms with van der Waals surface area (Å²) in [5.74, 6) is 2.27. The molecule has 0 saturated carbocycles. The van der Waals surface area contributed by atoms with Crippen LogP contribution in [0.15, 0.2) is 47.5 Å². The number of rotatable bonds is 9. The van der Waals surface area contributed by atoms with Crippen molar-refractivity contribution in [2.75, 3.05) is 41.4 Å². The lowest BCUT2D eigenvalue weighted by atomic mass is 10.1. The summed E-state index contributed by atoms with van der Waals surface area (Å²) in [5, 5.41) is 6.82. The summed E-state index contributed by atoms with van der Waals surface area (Å²) in [7, 11) is 7.45. The van der Waals surface area contributed by atoms with Crippen molar-refractivity contribution in [2.24, 2.45) is 4.99 Å². The maximum Gasteiger partial charge on any atom is 0.191 e. The van der Waals surface area contributed by atoms with Crippen LogP contribution in [0.3, 0.4) is 0 Å². The van der Waals surface area contributed by atoms with E-state index in [1.807, 2.05) is 12.1 Å². The second-order valence-corrected chi connectivity index (χ2v) is 7.10. The number of halogens is 1. The highest BCUT2D eigenvalue weighted by atomic mass is 127. The zero-order valence-corrected chi connectivity index (χ0v) is 21.2. The first kappa shape index (κ1) is 26.0.